The van der Waals surface area contributed by atoms with Gasteiger partial charge < -0.3 is 5.32 Å². The number of benzene rings is 2. The Labute approximate surface area is 142 Å². The summed E-state index contributed by atoms with van der Waals surface area (Å²) in [7, 11) is -3.74. The molecule has 1 amide bonds. The molecule has 4 N–H and O–H groups in total. The van der Waals surface area contributed by atoms with Crippen LogP contribution >= 0.6 is 0 Å². The van der Waals surface area contributed by atoms with Crippen LogP contribution in [0.3, 0.4) is 0 Å². The molecule has 0 saturated carbocycles. The highest BCUT2D eigenvalue weighted by molar-refractivity contribution is 7.89. The van der Waals surface area contributed by atoms with Crippen molar-refractivity contribution in [3.05, 3.63) is 60.2 Å². The molecule has 0 radical (unpaired) electrons. The van der Waals surface area contributed by atoms with Crippen molar-refractivity contribution in [3.63, 3.8) is 0 Å². The van der Waals surface area contributed by atoms with Crippen LogP contribution in [0.1, 0.15) is 25.5 Å². The molecule has 2 unspecified atom stereocenters. The average molecular weight is 347 g/mol. The second-order valence-electron chi connectivity index (χ2n) is 5.58. The van der Waals surface area contributed by atoms with Crippen LogP contribution in [-0.2, 0) is 14.8 Å². The van der Waals surface area contributed by atoms with Crippen molar-refractivity contribution in [2.75, 3.05) is 5.32 Å². The highest BCUT2D eigenvalue weighted by atomic mass is 32.2. The smallest absolute Gasteiger partial charge is 0.241 e. The lowest BCUT2D eigenvalue weighted by atomic mass is 10.1. The third-order valence-electron chi connectivity index (χ3n) is 3.64. The molecule has 0 aliphatic rings. The van der Waals surface area contributed by atoms with Crippen molar-refractivity contribution < 1.29 is 13.2 Å². The third kappa shape index (κ3) is 4.89. The molecule has 7 heteroatoms. The van der Waals surface area contributed by atoms with E-state index in [0.29, 0.717) is 5.69 Å². The summed E-state index contributed by atoms with van der Waals surface area (Å²) >= 11 is 0. The fourth-order valence-electron chi connectivity index (χ4n) is 2.27. The van der Waals surface area contributed by atoms with E-state index in [9.17, 15) is 13.2 Å². The minimum absolute atomic E-state index is 0.00405. The van der Waals surface area contributed by atoms with Crippen molar-refractivity contribution in [1.82, 2.24) is 5.32 Å². The van der Waals surface area contributed by atoms with Crippen LogP contribution < -0.4 is 15.8 Å². The Kier molecular flexibility index (Phi) is 5.71. The van der Waals surface area contributed by atoms with E-state index in [0.717, 1.165) is 5.56 Å². The number of carbonyl (C=O) groups is 1. The topological polar surface area (TPSA) is 101 Å². The standard InChI is InChI=1S/C17H21N3O3S/c1-12(14-6-4-3-5-7-14)19-13(2)17(21)20-15-8-10-16(11-9-15)24(18,22)23/h3-13,19H,1-2H3,(H,20,21)(H2,18,22,23). The number of nitrogens with one attached hydrogen (secondary N) is 2. The Morgan fingerprint density at radius 2 is 1.58 bits per heavy atom. The predicted octanol–water partition coefficient (Wildman–Crippen LogP) is 2.01. The molecule has 2 rings (SSSR count). The molecule has 0 aliphatic heterocycles. The van der Waals surface area contributed by atoms with Gasteiger partial charge in [0.15, 0.2) is 0 Å². The normalized spacial score (nSPS) is 14.0. The Bertz CT molecular complexity index is 790. The van der Waals surface area contributed by atoms with E-state index in [1.54, 1.807) is 6.92 Å². The van der Waals surface area contributed by atoms with Gasteiger partial charge in [0.1, 0.15) is 0 Å². The van der Waals surface area contributed by atoms with Crippen molar-refractivity contribution in [3.8, 4) is 0 Å². The molecule has 0 saturated heterocycles. The first-order valence-electron chi connectivity index (χ1n) is 7.52. The summed E-state index contributed by atoms with van der Waals surface area (Å²) in [5.74, 6) is -0.207. The largest absolute Gasteiger partial charge is 0.325 e. The molecule has 24 heavy (non-hydrogen) atoms. The van der Waals surface area contributed by atoms with E-state index in [1.165, 1.54) is 24.3 Å². The molecular weight excluding hydrogens is 326 g/mol. The van der Waals surface area contributed by atoms with E-state index in [1.807, 2.05) is 37.3 Å². The molecule has 0 spiro atoms. The molecule has 2 atom stereocenters. The quantitative estimate of drug-likeness (QED) is 0.744. The van der Waals surface area contributed by atoms with Crippen LogP contribution in [0.25, 0.3) is 0 Å². The number of rotatable bonds is 6. The van der Waals surface area contributed by atoms with Gasteiger partial charge in [-0.05, 0) is 43.7 Å². The monoisotopic (exact) mass is 347 g/mol. The molecule has 2 aromatic rings. The predicted molar refractivity (Wildman–Crippen MR) is 93.9 cm³/mol. The van der Waals surface area contributed by atoms with Crippen molar-refractivity contribution in [2.45, 2.75) is 30.8 Å². The maximum absolute atomic E-state index is 12.2. The van der Waals surface area contributed by atoms with Crippen LogP contribution in [0.4, 0.5) is 5.69 Å². The summed E-state index contributed by atoms with van der Waals surface area (Å²) in [5.41, 5.74) is 1.60. The molecular formula is C17H21N3O3S. The first kappa shape index (κ1) is 18.1. The summed E-state index contributed by atoms with van der Waals surface area (Å²) in [6, 6.07) is 15.2. The number of sulfonamides is 1. The van der Waals surface area contributed by atoms with Gasteiger partial charge in [-0.25, -0.2) is 13.6 Å². The number of carbonyl (C=O) groups excluding carboxylic acids is 1. The number of nitrogens with two attached hydrogens (primary N) is 1. The number of hydrogen-bond acceptors (Lipinski definition) is 4. The van der Waals surface area contributed by atoms with Gasteiger partial charge in [0.05, 0.1) is 10.9 Å². The van der Waals surface area contributed by atoms with Crippen LogP contribution in [-0.4, -0.2) is 20.4 Å². The summed E-state index contributed by atoms with van der Waals surface area (Å²) in [6.07, 6.45) is 0. The minimum atomic E-state index is -3.74. The summed E-state index contributed by atoms with van der Waals surface area (Å²) in [4.78, 5) is 12.2. The van der Waals surface area contributed by atoms with Crippen LogP contribution in [0, 0.1) is 0 Å². The van der Waals surface area contributed by atoms with Gasteiger partial charge in [-0.2, -0.15) is 0 Å². The molecule has 0 heterocycles. The van der Waals surface area contributed by atoms with E-state index < -0.39 is 16.1 Å². The van der Waals surface area contributed by atoms with Gasteiger partial charge in [0.2, 0.25) is 15.9 Å². The lowest BCUT2D eigenvalue weighted by Gasteiger charge is -2.20. The highest BCUT2D eigenvalue weighted by Crippen LogP contribution is 2.15. The molecule has 128 valence electrons. The van der Waals surface area contributed by atoms with Crippen LogP contribution in [0.15, 0.2) is 59.5 Å². The molecule has 0 aromatic heterocycles. The van der Waals surface area contributed by atoms with Crippen molar-refractivity contribution >= 4 is 21.6 Å². The summed E-state index contributed by atoms with van der Waals surface area (Å²) < 4.78 is 22.4. The fraction of sp³-hybridized carbons (Fsp3) is 0.235. The molecule has 0 aliphatic carbocycles. The first-order valence-corrected chi connectivity index (χ1v) is 9.07. The molecule has 0 bridgehead atoms. The highest BCUT2D eigenvalue weighted by Gasteiger charge is 2.16. The van der Waals surface area contributed by atoms with Crippen molar-refractivity contribution in [2.24, 2.45) is 5.14 Å². The summed E-state index contributed by atoms with van der Waals surface area (Å²) in [5, 5.41) is 11.0. The van der Waals surface area contributed by atoms with Crippen molar-refractivity contribution in [1.29, 1.82) is 0 Å². The summed E-state index contributed by atoms with van der Waals surface area (Å²) in [6.45, 7) is 3.76. The zero-order chi connectivity index (χ0) is 17.7. The maximum atomic E-state index is 12.2. The van der Waals surface area contributed by atoms with Crippen LogP contribution in [0.2, 0.25) is 0 Å². The SMILES string of the molecule is CC(NC(C)c1ccccc1)C(=O)Nc1ccc(S(N)(=O)=O)cc1. The Morgan fingerprint density at radius 1 is 1.00 bits per heavy atom. The van der Waals surface area contributed by atoms with Gasteiger partial charge >= 0.3 is 0 Å². The first-order chi connectivity index (χ1) is 11.3. The van der Waals surface area contributed by atoms with Gasteiger partial charge in [0, 0.05) is 11.7 Å². The Hall–Kier alpha value is -2.22. The average Bonchev–Trinajstić information content (AvgIpc) is 2.55. The van der Waals surface area contributed by atoms with E-state index in [-0.39, 0.29) is 16.8 Å². The van der Waals surface area contributed by atoms with Gasteiger partial charge in [-0.15, -0.1) is 0 Å². The second kappa shape index (κ2) is 7.57. The number of primary sulfonamides is 1. The minimum Gasteiger partial charge on any atom is -0.325 e. The molecule has 0 fully saturated rings. The third-order valence-corrected chi connectivity index (χ3v) is 4.57. The number of amides is 1. The van der Waals surface area contributed by atoms with Crippen LogP contribution in [0.5, 0.6) is 0 Å². The van der Waals surface area contributed by atoms with E-state index >= 15 is 0 Å². The zero-order valence-corrected chi connectivity index (χ0v) is 14.4. The zero-order valence-electron chi connectivity index (χ0n) is 13.6. The lowest BCUT2D eigenvalue weighted by Crippen LogP contribution is -2.39. The second-order valence-corrected chi connectivity index (χ2v) is 7.14. The van der Waals surface area contributed by atoms with E-state index in [4.69, 9.17) is 5.14 Å². The number of hydrogen-bond donors (Lipinski definition) is 3. The van der Waals surface area contributed by atoms with Gasteiger partial charge in [-0.3, -0.25) is 10.1 Å². The molecule has 2 aromatic carbocycles. The lowest BCUT2D eigenvalue weighted by molar-refractivity contribution is -0.117. The van der Waals surface area contributed by atoms with Gasteiger partial charge in [-0.1, -0.05) is 30.3 Å². The fourth-order valence-corrected chi connectivity index (χ4v) is 2.78. The van der Waals surface area contributed by atoms with E-state index in [2.05, 4.69) is 10.6 Å². The van der Waals surface area contributed by atoms with Gasteiger partial charge in [0.25, 0.3) is 0 Å². The Balaban J connectivity index is 1.96. The Morgan fingerprint density at radius 3 is 2.12 bits per heavy atom. The molecule has 6 nitrogen and oxygen atoms in total. The maximum Gasteiger partial charge on any atom is 0.241 e. The number of anilines is 1.